The average molecular weight is 529 g/mol. The van der Waals surface area contributed by atoms with Gasteiger partial charge >= 0.3 is 6.09 Å². The quantitative estimate of drug-likeness (QED) is 0.536. The third kappa shape index (κ3) is 5.36. The molecule has 2 aromatic rings. The zero-order valence-corrected chi connectivity index (χ0v) is 21.3. The van der Waals surface area contributed by atoms with E-state index in [9.17, 15) is 27.1 Å². The van der Waals surface area contributed by atoms with Crippen LogP contribution in [0.4, 0.5) is 35.0 Å². The van der Waals surface area contributed by atoms with Gasteiger partial charge in [-0.1, -0.05) is 12.1 Å². The van der Waals surface area contributed by atoms with Crippen LogP contribution in [0.1, 0.15) is 27.2 Å². The van der Waals surface area contributed by atoms with Gasteiger partial charge < -0.3 is 9.64 Å². The van der Waals surface area contributed by atoms with Gasteiger partial charge in [-0.25, -0.2) is 22.3 Å². The molecule has 0 bridgehead atoms. The van der Waals surface area contributed by atoms with E-state index in [2.05, 4.69) is 4.90 Å². The molecule has 1 fully saturated rings. The highest BCUT2D eigenvalue weighted by Crippen LogP contribution is 2.64. The highest BCUT2D eigenvalue weighted by atomic mass is 32.3. The zero-order valence-electron chi connectivity index (χ0n) is 20.5. The fourth-order valence-electron chi connectivity index (χ4n) is 4.36. The highest BCUT2D eigenvalue weighted by molar-refractivity contribution is 8.27. The summed E-state index contributed by atoms with van der Waals surface area (Å²) < 4.78 is 72.8. The number of hydrogen-bond donors (Lipinski definition) is 2. The summed E-state index contributed by atoms with van der Waals surface area (Å²) in [4.78, 5) is 16.2. The van der Waals surface area contributed by atoms with Crippen molar-refractivity contribution in [3.8, 4) is 0 Å². The molecule has 0 unspecified atom stereocenters. The molecule has 4 rings (SSSR count). The normalized spacial score (nSPS) is 19.2. The minimum absolute atomic E-state index is 0.146. The van der Waals surface area contributed by atoms with Crippen LogP contribution >= 0.6 is 11.0 Å². The maximum atomic E-state index is 14.7. The van der Waals surface area contributed by atoms with E-state index in [0.29, 0.717) is 57.0 Å². The molecule has 0 spiro atoms. The number of halogens is 3. The molecule has 2 heterocycles. The summed E-state index contributed by atoms with van der Waals surface area (Å²) in [6.45, 7) is 8.24. The van der Waals surface area contributed by atoms with Gasteiger partial charge in [-0.15, -0.1) is 0 Å². The number of para-hydroxylation sites is 2. The Morgan fingerprint density at radius 3 is 2.25 bits per heavy atom. The Bertz CT molecular complexity index is 1110. The maximum absolute atomic E-state index is 14.7. The molecular formula is C24H31F3N4O4S. The number of carbonyl (C=O) groups excluding carboxylic acids is 1. The molecule has 0 atom stereocenters. The Kier molecular flexibility index (Phi) is 7.33. The molecular weight excluding hydrogens is 497 g/mol. The van der Waals surface area contributed by atoms with E-state index >= 15 is 0 Å². The fourth-order valence-corrected chi connectivity index (χ4v) is 6.14. The fraction of sp³-hybridized carbons (Fsp3) is 0.458. The Balaban J connectivity index is 1.50. The van der Waals surface area contributed by atoms with Crippen molar-refractivity contribution in [2.75, 3.05) is 47.9 Å². The van der Waals surface area contributed by atoms with Gasteiger partial charge in [0.1, 0.15) is 17.1 Å². The zero-order chi connectivity index (χ0) is 26.3. The second kappa shape index (κ2) is 10.0. The summed E-state index contributed by atoms with van der Waals surface area (Å²) in [6, 6.07) is 7.47. The second-order valence-corrected chi connectivity index (χ2v) is 11.5. The van der Waals surface area contributed by atoms with E-state index in [1.165, 1.54) is 10.4 Å². The van der Waals surface area contributed by atoms with E-state index in [0.717, 1.165) is 4.31 Å². The van der Waals surface area contributed by atoms with Crippen LogP contribution in [-0.2, 0) is 4.74 Å². The lowest BCUT2D eigenvalue weighted by Crippen LogP contribution is -2.41. The minimum Gasteiger partial charge on any atom is -0.444 e. The van der Waals surface area contributed by atoms with Crippen molar-refractivity contribution >= 4 is 34.1 Å². The van der Waals surface area contributed by atoms with Gasteiger partial charge in [0.15, 0.2) is 11.6 Å². The first-order chi connectivity index (χ1) is 16.9. The molecule has 1 saturated heterocycles. The molecule has 2 aliphatic rings. The summed E-state index contributed by atoms with van der Waals surface area (Å²) in [6.07, 6.45) is 0.343. The summed E-state index contributed by atoms with van der Waals surface area (Å²) in [7, 11) is -3.90. The van der Waals surface area contributed by atoms with Gasteiger partial charge in [-0.3, -0.25) is 18.3 Å². The number of rotatable bonds is 4. The number of hydrogen-bond acceptors (Lipinski definition) is 7. The van der Waals surface area contributed by atoms with E-state index in [1.807, 2.05) is 20.8 Å². The van der Waals surface area contributed by atoms with Crippen molar-refractivity contribution in [1.29, 1.82) is 0 Å². The Hall–Kier alpha value is -2.67. The summed E-state index contributed by atoms with van der Waals surface area (Å²) in [5.41, 5.74) is -0.718. The largest absolute Gasteiger partial charge is 0.444 e. The van der Waals surface area contributed by atoms with Gasteiger partial charge in [-0.05, 0) is 56.8 Å². The summed E-state index contributed by atoms with van der Waals surface area (Å²) in [5.74, 6) is -3.58. The van der Waals surface area contributed by atoms with Crippen LogP contribution in [0.5, 0.6) is 0 Å². The standard InChI is InChI=1S/C24H31F3N4O4S/c1-24(2,3)35-23(32)29-10-6-9-28(11-13-29)12-14-30-20-7-4-5-8-21(20)31(36(30,33)34)22-18(26)15-17(25)16-19(22)27/h4-5,7-8,15-16,33-34H,6,9-14H2,1-3H3. The lowest BCUT2D eigenvalue weighted by atomic mass is 10.2. The Labute approximate surface area is 210 Å². The smallest absolute Gasteiger partial charge is 0.410 e. The van der Waals surface area contributed by atoms with Crippen molar-refractivity contribution in [3.05, 3.63) is 53.8 Å². The number of fused-ring (bicyclic) bond motifs is 1. The van der Waals surface area contributed by atoms with Crippen molar-refractivity contribution in [3.63, 3.8) is 0 Å². The second-order valence-electron chi connectivity index (χ2n) is 9.76. The van der Waals surface area contributed by atoms with Gasteiger partial charge in [0.05, 0.1) is 17.9 Å². The van der Waals surface area contributed by atoms with E-state index in [-0.39, 0.29) is 18.3 Å². The summed E-state index contributed by atoms with van der Waals surface area (Å²) >= 11 is 0. The molecule has 1 amide bonds. The number of carbonyl (C=O) groups is 1. The molecule has 2 aromatic carbocycles. The molecule has 0 radical (unpaired) electrons. The van der Waals surface area contributed by atoms with Crippen LogP contribution in [0.2, 0.25) is 0 Å². The Morgan fingerprint density at radius 1 is 0.972 bits per heavy atom. The first kappa shape index (κ1) is 26.4. The number of anilines is 3. The van der Waals surface area contributed by atoms with Gasteiger partial charge in [0, 0.05) is 38.3 Å². The Morgan fingerprint density at radius 2 is 1.61 bits per heavy atom. The van der Waals surface area contributed by atoms with Crippen molar-refractivity contribution in [2.24, 2.45) is 0 Å². The third-order valence-corrected chi connectivity index (χ3v) is 7.79. The van der Waals surface area contributed by atoms with Crippen molar-refractivity contribution in [1.82, 2.24) is 9.80 Å². The van der Waals surface area contributed by atoms with Crippen LogP contribution in [0.25, 0.3) is 0 Å². The topological polar surface area (TPSA) is 79.7 Å². The van der Waals surface area contributed by atoms with Crippen molar-refractivity contribution in [2.45, 2.75) is 32.8 Å². The number of ether oxygens (including phenoxy) is 1. The highest BCUT2D eigenvalue weighted by Gasteiger charge is 2.44. The first-order valence-electron chi connectivity index (χ1n) is 11.7. The van der Waals surface area contributed by atoms with Crippen LogP contribution in [0.15, 0.2) is 36.4 Å². The SMILES string of the molecule is CC(C)(C)OC(=O)N1CCCN(CCN2c3ccccc3N(c3c(F)cc(F)cc3F)S2(O)O)CC1. The summed E-state index contributed by atoms with van der Waals surface area (Å²) in [5, 5.41) is 0. The van der Waals surface area contributed by atoms with Crippen LogP contribution in [0.3, 0.4) is 0 Å². The maximum Gasteiger partial charge on any atom is 0.410 e. The van der Waals surface area contributed by atoms with Gasteiger partial charge in [-0.2, -0.15) is 0 Å². The molecule has 0 saturated carbocycles. The number of benzene rings is 2. The molecule has 2 N–H and O–H groups in total. The van der Waals surface area contributed by atoms with Crippen LogP contribution in [0, 0.1) is 17.5 Å². The molecule has 12 heteroatoms. The molecule has 36 heavy (non-hydrogen) atoms. The number of nitrogens with zero attached hydrogens (tertiary/aromatic N) is 4. The lowest BCUT2D eigenvalue weighted by Gasteiger charge is -2.44. The number of amides is 1. The average Bonchev–Trinajstić information content (AvgIpc) is 2.90. The third-order valence-electron chi connectivity index (χ3n) is 5.95. The van der Waals surface area contributed by atoms with E-state index in [4.69, 9.17) is 4.74 Å². The van der Waals surface area contributed by atoms with Crippen LogP contribution < -0.4 is 8.61 Å². The lowest BCUT2D eigenvalue weighted by molar-refractivity contribution is 0.0258. The van der Waals surface area contributed by atoms with Crippen LogP contribution in [-0.4, -0.2) is 69.9 Å². The predicted molar refractivity (Wildman–Crippen MR) is 134 cm³/mol. The minimum atomic E-state index is -3.90. The first-order valence-corrected chi connectivity index (χ1v) is 13.1. The predicted octanol–water partition coefficient (Wildman–Crippen LogP) is 5.59. The molecule has 198 valence electrons. The van der Waals surface area contributed by atoms with E-state index in [1.54, 1.807) is 23.1 Å². The van der Waals surface area contributed by atoms with Gasteiger partial charge in [0.25, 0.3) is 0 Å². The monoisotopic (exact) mass is 528 g/mol. The van der Waals surface area contributed by atoms with E-state index < -0.39 is 39.7 Å². The molecule has 0 aliphatic carbocycles. The van der Waals surface area contributed by atoms with Gasteiger partial charge in [0.2, 0.25) is 0 Å². The molecule has 0 aromatic heterocycles. The van der Waals surface area contributed by atoms with Crippen molar-refractivity contribution < 1.29 is 31.8 Å². The molecule has 2 aliphatic heterocycles. The molecule has 8 nitrogen and oxygen atoms in total.